The van der Waals surface area contributed by atoms with Crippen molar-refractivity contribution in [1.82, 2.24) is 15.0 Å². The van der Waals surface area contributed by atoms with Crippen molar-refractivity contribution >= 4 is 82.9 Å². The van der Waals surface area contributed by atoms with Crippen LogP contribution in [0.4, 0.5) is 22.0 Å². The summed E-state index contributed by atoms with van der Waals surface area (Å²) >= 11 is 0. The normalized spacial score (nSPS) is 14.2. The zero-order chi connectivity index (χ0) is 76.2. The van der Waals surface area contributed by atoms with Gasteiger partial charge in [-0.15, -0.1) is 0 Å². The number of aliphatic carboxylic acids is 3. The Bertz CT molecular complexity index is 5470. The lowest BCUT2D eigenvalue weighted by Gasteiger charge is -2.33. The van der Waals surface area contributed by atoms with Crippen LogP contribution >= 0.6 is 0 Å². The average molecular weight is 1470 g/mol. The van der Waals surface area contributed by atoms with Crippen LogP contribution in [0.25, 0.3) is 98.4 Å². The fourth-order valence-corrected chi connectivity index (χ4v) is 15.1. The Morgan fingerprint density at radius 1 is 0.472 bits per heavy atom. The molecule has 0 radical (unpaired) electrons. The van der Waals surface area contributed by atoms with Crippen molar-refractivity contribution in [3.8, 4) is 50.6 Å². The fourth-order valence-electron chi connectivity index (χ4n) is 15.1. The van der Waals surface area contributed by atoms with Gasteiger partial charge >= 0.3 is 24.1 Å². The van der Waals surface area contributed by atoms with Crippen molar-refractivity contribution in [1.29, 1.82) is 0 Å². The molecule has 0 saturated carbocycles. The number of carboxylic acid groups (broad SMARTS) is 3. The molecule has 0 bridgehead atoms. The summed E-state index contributed by atoms with van der Waals surface area (Å²) in [6.07, 6.45) is -1.93. The molecule has 560 valence electrons. The molecule has 0 aliphatic carbocycles. The van der Waals surface area contributed by atoms with Crippen LogP contribution in [-0.4, -0.2) is 97.4 Å². The number of hydrogen-bond donors (Lipinski definition) is 3. The average Bonchev–Trinajstić information content (AvgIpc) is 0.743. The van der Waals surface area contributed by atoms with Gasteiger partial charge in [0.05, 0.1) is 42.0 Å². The third-order valence-electron chi connectivity index (χ3n) is 20.5. The minimum absolute atomic E-state index is 0. The van der Waals surface area contributed by atoms with Crippen LogP contribution in [0.5, 0.6) is 17.2 Å². The minimum Gasteiger partial charge on any atom is -0.493 e. The van der Waals surface area contributed by atoms with Crippen LogP contribution in [0.2, 0.25) is 0 Å². The molecule has 0 amide bonds. The van der Waals surface area contributed by atoms with Gasteiger partial charge in [0.2, 0.25) is 0 Å². The number of ether oxygens (including phenoxy) is 6. The van der Waals surface area contributed by atoms with Crippen LogP contribution in [0.1, 0.15) is 144 Å². The molecular formula is C88H86F5N3O12. The first-order valence-electron chi connectivity index (χ1n) is 35.7. The summed E-state index contributed by atoms with van der Waals surface area (Å²) in [5.41, 5.74) is 7.59. The Labute approximate surface area is 622 Å². The lowest BCUT2D eigenvalue weighted by atomic mass is 9.85. The van der Waals surface area contributed by atoms with Crippen molar-refractivity contribution in [3.05, 3.63) is 214 Å². The Balaban J connectivity index is 0.000000151. The van der Waals surface area contributed by atoms with E-state index in [1.54, 1.807) is 44.4 Å². The maximum absolute atomic E-state index is 13.8. The van der Waals surface area contributed by atoms with E-state index in [1.165, 1.54) is 19.4 Å². The zero-order valence-electron chi connectivity index (χ0n) is 61.0. The van der Waals surface area contributed by atoms with Crippen LogP contribution in [0.3, 0.4) is 0 Å². The number of fused-ring (bicyclic) bond motifs is 3. The molecule has 9 aromatic carbocycles. The van der Waals surface area contributed by atoms with E-state index in [0.717, 1.165) is 134 Å². The number of aromatic nitrogens is 3. The zero-order valence-corrected chi connectivity index (χ0v) is 61.0. The number of halogens is 5. The largest absolute Gasteiger partial charge is 0.493 e. The number of hydrogen-bond acceptors (Lipinski definition) is 12. The molecule has 0 unspecified atom stereocenters. The predicted molar refractivity (Wildman–Crippen MR) is 411 cm³/mol. The molecule has 0 fully saturated rings. The second-order valence-corrected chi connectivity index (χ2v) is 29.1. The van der Waals surface area contributed by atoms with Crippen LogP contribution in [-0.2, 0) is 47.9 Å². The first-order valence-corrected chi connectivity index (χ1v) is 35.7. The first-order chi connectivity index (χ1) is 51.0. The highest BCUT2D eigenvalue weighted by atomic mass is 19.4. The van der Waals surface area contributed by atoms with E-state index in [9.17, 15) is 51.7 Å². The molecule has 108 heavy (non-hydrogen) atoms. The van der Waals surface area contributed by atoms with E-state index in [-0.39, 0.29) is 13.0 Å². The van der Waals surface area contributed by atoms with Crippen LogP contribution < -0.4 is 14.2 Å². The molecule has 6 heterocycles. The number of alkyl halides is 5. The second kappa shape index (κ2) is 30.5. The fraction of sp³-hybridized carbons (Fsp3) is 0.318. The lowest BCUT2D eigenvalue weighted by Crippen LogP contribution is -2.44. The number of nitrogens with zero attached hydrogens (tertiary/aromatic N) is 3. The van der Waals surface area contributed by atoms with E-state index >= 15 is 0 Å². The Morgan fingerprint density at radius 2 is 0.796 bits per heavy atom. The number of benzene rings is 9. The number of carbonyl (C=O) groups is 3. The molecule has 0 saturated heterocycles. The molecule has 3 atom stereocenters. The summed E-state index contributed by atoms with van der Waals surface area (Å²) in [5.74, 6) is -1.61. The predicted octanol–water partition coefficient (Wildman–Crippen LogP) is 21.3. The summed E-state index contributed by atoms with van der Waals surface area (Å²) in [6, 6.07) is 46.1. The van der Waals surface area contributed by atoms with Crippen molar-refractivity contribution in [2.45, 2.75) is 163 Å². The molecule has 3 aliphatic heterocycles. The molecule has 3 aliphatic rings. The maximum Gasteiger partial charge on any atom is 0.416 e. The first kappa shape index (κ1) is 77.0. The summed E-state index contributed by atoms with van der Waals surface area (Å²) in [4.78, 5) is 51.8. The topological polar surface area (TPSA) is 206 Å². The van der Waals surface area contributed by atoms with Gasteiger partial charge < -0.3 is 43.7 Å². The highest BCUT2D eigenvalue weighted by Gasteiger charge is 2.52. The molecule has 20 heteroatoms. The standard InChI is InChI=1S/C31H33NO4.C28H24F3NO4.C28H25F2NO4.CH4/c1-5-6-15-31(3,4)36-29(30(33)34)25-19(2)18-21-9-7-8-10-22(21)27(25)23-11-12-24-26-20(14-17-35-24)13-16-32-28(23)26;1-15-14-17-6-4-5-7-18(17)23(21(15)25(26(33)34)36-27(2,3)28(29,30)31)19-8-9-20-22-16(11-13-35-20)10-12-32-24(19)22;1-15-14-17-6-4-5-7-18(17)23(21(15)25(26(32)33)35-28(2,3)27(29)30)19-8-9-20-22-16(11-13-34-20)10-12-31-24(19)22;/h7-13,16,18,29H,5-6,14-15,17H2,1-4H3,(H,33,34);4-10,12,14,25H,11,13H2,1-3H3,(H,33,34);4-10,12,14,25,27H,11,13H2,1-3H3,(H,32,33);1H4/t29-;2*25-;/m000./s1. The van der Waals surface area contributed by atoms with Gasteiger partial charge in [-0.2, -0.15) is 13.2 Å². The maximum atomic E-state index is 13.8. The number of unbranched alkanes of at least 4 members (excludes halogenated alkanes) is 1. The Hall–Kier alpha value is -10.7. The monoisotopic (exact) mass is 1470 g/mol. The number of rotatable bonds is 19. The quantitative estimate of drug-likeness (QED) is 0.0644. The van der Waals surface area contributed by atoms with E-state index in [2.05, 4.69) is 35.1 Å². The Kier molecular flexibility index (Phi) is 21.8. The molecule has 12 aromatic rings. The van der Waals surface area contributed by atoms with Crippen molar-refractivity contribution in [2.75, 3.05) is 19.8 Å². The molecule has 15 nitrogen and oxygen atoms in total. The van der Waals surface area contributed by atoms with Crippen molar-refractivity contribution in [2.24, 2.45) is 0 Å². The van der Waals surface area contributed by atoms with Gasteiger partial charge in [0, 0.05) is 87.4 Å². The third kappa shape index (κ3) is 14.7. The summed E-state index contributed by atoms with van der Waals surface area (Å²) in [6.45, 7) is 17.4. The highest BCUT2D eigenvalue weighted by Crippen LogP contribution is 2.51. The van der Waals surface area contributed by atoms with E-state index < -0.39 is 65.6 Å². The molecular weight excluding hydrogens is 1390 g/mol. The number of aryl methyl sites for hydroxylation is 3. The summed E-state index contributed by atoms with van der Waals surface area (Å²) < 4.78 is 104. The SMILES string of the molecule is C.CCCCC(C)(C)O[C@H](C(=O)O)c1c(C)cc2ccccc2c1-c1ccc2c3c(ccnc13)CCO2.Cc1cc2ccccc2c(-c2ccc3c4c(ccnc24)CCO3)c1[C@H](OC(C)(C)C(F)(F)F)C(=O)O.Cc1cc2ccccc2c(-c2ccc3c4c(ccnc24)CCO3)c1[C@H](OC(C)(C)C(F)F)C(=O)O. The molecule has 3 N–H and O–H groups in total. The van der Waals surface area contributed by atoms with Gasteiger partial charge in [-0.25, -0.2) is 23.2 Å². The van der Waals surface area contributed by atoms with Gasteiger partial charge in [-0.05, 0) is 206 Å². The van der Waals surface area contributed by atoms with Crippen LogP contribution in [0, 0.1) is 20.8 Å². The van der Waals surface area contributed by atoms with Gasteiger partial charge in [-0.3, -0.25) is 15.0 Å². The third-order valence-corrected chi connectivity index (χ3v) is 20.5. The van der Waals surface area contributed by atoms with Gasteiger partial charge in [0.1, 0.15) is 22.8 Å². The number of pyridine rings is 3. The molecule has 0 spiro atoms. The summed E-state index contributed by atoms with van der Waals surface area (Å²) in [7, 11) is 0. The number of carboxylic acids is 3. The van der Waals surface area contributed by atoms with E-state index in [1.807, 2.05) is 136 Å². The second-order valence-electron chi connectivity index (χ2n) is 29.1. The van der Waals surface area contributed by atoms with E-state index in [0.29, 0.717) is 92.9 Å². The Morgan fingerprint density at radius 3 is 1.11 bits per heavy atom. The van der Waals surface area contributed by atoms with Crippen molar-refractivity contribution < 1.29 is 80.1 Å². The smallest absolute Gasteiger partial charge is 0.416 e. The summed E-state index contributed by atoms with van der Waals surface area (Å²) in [5, 5.41) is 38.8. The molecule has 3 aromatic heterocycles. The van der Waals surface area contributed by atoms with Crippen LogP contribution in [0.15, 0.2) is 164 Å². The lowest BCUT2D eigenvalue weighted by molar-refractivity contribution is -0.277. The van der Waals surface area contributed by atoms with E-state index in [4.69, 9.17) is 33.4 Å². The minimum atomic E-state index is -4.77. The van der Waals surface area contributed by atoms with Gasteiger partial charge in [-0.1, -0.05) is 118 Å². The van der Waals surface area contributed by atoms with Gasteiger partial charge in [0.25, 0.3) is 6.43 Å². The molecule has 15 rings (SSSR count). The van der Waals surface area contributed by atoms with Gasteiger partial charge in [0.15, 0.2) is 23.9 Å². The van der Waals surface area contributed by atoms with Crippen molar-refractivity contribution in [3.63, 3.8) is 0 Å². The highest BCUT2D eigenvalue weighted by molar-refractivity contribution is 6.12.